The summed E-state index contributed by atoms with van der Waals surface area (Å²) in [6.07, 6.45) is 3.78. The fourth-order valence-electron chi connectivity index (χ4n) is 3.71. The summed E-state index contributed by atoms with van der Waals surface area (Å²) >= 11 is 0. The van der Waals surface area contributed by atoms with Crippen molar-refractivity contribution in [2.24, 2.45) is 5.92 Å². The second-order valence-electron chi connectivity index (χ2n) is 7.18. The quantitative estimate of drug-likeness (QED) is 0.866. The van der Waals surface area contributed by atoms with Crippen LogP contribution in [0.3, 0.4) is 0 Å². The Morgan fingerprint density at radius 2 is 2.23 bits per heavy atom. The average molecular weight is 359 g/mol. The van der Waals surface area contributed by atoms with Gasteiger partial charge < -0.3 is 14.6 Å². The molecule has 1 N–H and O–H groups in total. The number of aromatic nitrogens is 3. The first-order chi connectivity index (χ1) is 12.7. The van der Waals surface area contributed by atoms with Crippen LogP contribution in [0, 0.1) is 12.8 Å². The summed E-state index contributed by atoms with van der Waals surface area (Å²) in [5, 5.41) is 11.6. The summed E-state index contributed by atoms with van der Waals surface area (Å²) in [7, 11) is 0. The highest BCUT2D eigenvalue weighted by Gasteiger charge is 2.31. The summed E-state index contributed by atoms with van der Waals surface area (Å²) < 4.78 is 12.4. The average Bonchev–Trinajstić information content (AvgIpc) is 3.28. The summed E-state index contributed by atoms with van der Waals surface area (Å²) in [6, 6.07) is 3.59. The molecule has 2 aromatic heterocycles. The third-order valence-electron chi connectivity index (χ3n) is 5.14. The molecule has 4 heterocycles. The van der Waals surface area contributed by atoms with Crippen molar-refractivity contribution in [2.75, 3.05) is 26.3 Å². The number of carbonyl (C=O) groups is 1. The topological polar surface area (TPSA) is 85.4 Å². The van der Waals surface area contributed by atoms with Crippen molar-refractivity contribution in [1.82, 2.24) is 25.2 Å². The molecule has 0 saturated carbocycles. The fourth-order valence-corrected chi connectivity index (χ4v) is 3.71. The lowest BCUT2D eigenvalue weighted by atomic mass is 10.0. The molecule has 2 aliphatic heterocycles. The summed E-state index contributed by atoms with van der Waals surface area (Å²) in [5.74, 6) is 1.33. The zero-order chi connectivity index (χ0) is 17.9. The highest BCUT2D eigenvalue weighted by Crippen LogP contribution is 2.22. The normalized spacial score (nSPS) is 21.5. The molecule has 0 radical (unpaired) electrons. The Bertz CT molecular complexity index is 750. The van der Waals surface area contributed by atoms with Crippen LogP contribution in [0.15, 0.2) is 22.9 Å². The molecular formula is C18H25N5O3. The first kappa shape index (κ1) is 17.2. The Labute approximate surface area is 152 Å². The molecule has 8 heteroatoms. The lowest BCUT2D eigenvalue weighted by Gasteiger charge is -2.33. The van der Waals surface area contributed by atoms with E-state index in [1.165, 1.54) is 0 Å². The fraction of sp³-hybridized carbons (Fsp3) is 0.611. The van der Waals surface area contributed by atoms with E-state index in [4.69, 9.17) is 9.26 Å². The second-order valence-corrected chi connectivity index (χ2v) is 7.18. The molecule has 0 aliphatic carbocycles. The van der Waals surface area contributed by atoms with E-state index in [0.717, 1.165) is 49.7 Å². The first-order valence-electron chi connectivity index (χ1n) is 9.21. The van der Waals surface area contributed by atoms with Gasteiger partial charge in [-0.15, -0.1) is 0 Å². The van der Waals surface area contributed by atoms with E-state index in [0.29, 0.717) is 25.6 Å². The molecule has 1 fully saturated rings. The van der Waals surface area contributed by atoms with Crippen molar-refractivity contribution in [3.8, 4) is 0 Å². The maximum absolute atomic E-state index is 12.8. The zero-order valence-corrected chi connectivity index (χ0v) is 15.1. The summed E-state index contributed by atoms with van der Waals surface area (Å²) in [4.78, 5) is 15.1. The Kier molecular flexibility index (Phi) is 5.03. The van der Waals surface area contributed by atoms with Crippen molar-refractivity contribution in [2.45, 2.75) is 38.9 Å². The van der Waals surface area contributed by atoms with Crippen molar-refractivity contribution >= 4 is 5.91 Å². The Hall–Kier alpha value is -2.19. The van der Waals surface area contributed by atoms with Crippen LogP contribution < -0.4 is 5.32 Å². The van der Waals surface area contributed by atoms with E-state index in [9.17, 15) is 4.79 Å². The van der Waals surface area contributed by atoms with E-state index in [1.807, 2.05) is 23.7 Å². The first-order valence-corrected chi connectivity index (χ1v) is 9.21. The van der Waals surface area contributed by atoms with Crippen LogP contribution in [0.4, 0.5) is 0 Å². The molecule has 2 aliphatic rings. The molecule has 2 aromatic rings. The smallest absolute Gasteiger partial charge is 0.246 e. The van der Waals surface area contributed by atoms with E-state index in [1.54, 1.807) is 6.20 Å². The summed E-state index contributed by atoms with van der Waals surface area (Å²) in [5.41, 5.74) is 1.93. The van der Waals surface area contributed by atoms with Crippen molar-refractivity contribution in [3.63, 3.8) is 0 Å². The van der Waals surface area contributed by atoms with Crippen LogP contribution in [-0.2, 0) is 22.6 Å². The third-order valence-corrected chi connectivity index (χ3v) is 5.14. The molecule has 0 aromatic carbocycles. The number of ether oxygens (including phenoxy) is 1. The van der Waals surface area contributed by atoms with Gasteiger partial charge in [0.2, 0.25) is 5.91 Å². The third kappa shape index (κ3) is 3.81. The van der Waals surface area contributed by atoms with Gasteiger partial charge in [0.25, 0.3) is 0 Å². The maximum atomic E-state index is 12.8. The standard InChI is InChI=1S/C18H25N5O3/c1-13-8-15(21-26-13)10-22-11-16-2-5-20-23(16)17(12-22)18(24)19-9-14-3-6-25-7-4-14/h2,5,8,14,17H,3-4,6-7,9-12H2,1H3,(H,19,24). The van der Waals surface area contributed by atoms with Gasteiger partial charge in [-0.2, -0.15) is 5.10 Å². The molecule has 26 heavy (non-hydrogen) atoms. The molecule has 140 valence electrons. The van der Waals surface area contributed by atoms with Crippen molar-refractivity contribution in [1.29, 1.82) is 0 Å². The number of amides is 1. The zero-order valence-electron chi connectivity index (χ0n) is 15.1. The second kappa shape index (κ2) is 7.59. The maximum Gasteiger partial charge on any atom is 0.246 e. The number of nitrogens with one attached hydrogen (secondary N) is 1. The Morgan fingerprint density at radius 3 is 3.00 bits per heavy atom. The van der Waals surface area contributed by atoms with Gasteiger partial charge >= 0.3 is 0 Å². The van der Waals surface area contributed by atoms with Gasteiger partial charge in [0.1, 0.15) is 11.8 Å². The lowest BCUT2D eigenvalue weighted by Crippen LogP contribution is -2.46. The lowest BCUT2D eigenvalue weighted by molar-refractivity contribution is -0.126. The molecule has 1 amide bonds. The minimum Gasteiger partial charge on any atom is -0.381 e. The van der Waals surface area contributed by atoms with Crippen molar-refractivity contribution < 1.29 is 14.1 Å². The van der Waals surface area contributed by atoms with Crippen LogP contribution in [0.2, 0.25) is 0 Å². The van der Waals surface area contributed by atoms with Crippen LogP contribution in [0.25, 0.3) is 0 Å². The van der Waals surface area contributed by atoms with Gasteiger partial charge in [0, 0.05) is 51.7 Å². The number of carbonyl (C=O) groups excluding carboxylic acids is 1. The van der Waals surface area contributed by atoms with Crippen LogP contribution >= 0.6 is 0 Å². The number of hydrogen-bond acceptors (Lipinski definition) is 6. The largest absolute Gasteiger partial charge is 0.381 e. The van der Waals surface area contributed by atoms with Gasteiger partial charge in [0.15, 0.2) is 0 Å². The van der Waals surface area contributed by atoms with E-state index < -0.39 is 0 Å². The van der Waals surface area contributed by atoms with Crippen LogP contribution in [0.5, 0.6) is 0 Å². The molecule has 4 rings (SSSR count). The molecule has 1 unspecified atom stereocenters. The van der Waals surface area contributed by atoms with E-state index in [-0.39, 0.29) is 11.9 Å². The predicted octanol–water partition coefficient (Wildman–Crippen LogP) is 1.28. The van der Waals surface area contributed by atoms with E-state index >= 15 is 0 Å². The highest BCUT2D eigenvalue weighted by atomic mass is 16.5. The minimum atomic E-state index is -0.318. The molecule has 0 bridgehead atoms. The van der Waals surface area contributed by atoms with Gasteiger partial charge in [0.05, 0.1) is 11.4 Å². The van der Waals surface area contributed by atoms with Gasteiger partial charge in [-0.05, 0) is 31.7 Å². The van der Waals surface area contributed by atoms with Crippen molar-refractivity contribution in [3.05, 3.63) is 35.5 Å². The molecule has 8 nitrogen and oxygen atoms in total. The molecular weight excluding hydrogens is 334 g/mol. The monoisotopic (exact) mass is 359 g/mol. The molecule has 1 atom stereocenters. The SMILES string of the molecule is Cc1cc(CN2Cc3ccnn3C(C(=O)NCC3CCOCC3)C2)no1. The highest BCUT2D eigenvalue weighted by molar-refractivity contribution is 5.80. The van der Waals surface area contributed by atoms with Crippen LogP contribution in [0.1, 0.15) is 36.0 Å². The number of hydrogen-bond donors (Lipinski definition) is 1. The Balaban J connectivity index is 1.41. The van der Waals surface area contributed by atoms with Gasteiger partial charge in [-0.1, -0.05) is 5.16 Å². The summed E-state index contributed by atoms with van der Waals surface area (Å²) in [6.45, 7) is 6.19. The molecule has 0 spiro atoms. The van der Waals surface area contributed by atoms with E-state index in [2.05, 4.69) is 20.5 Å². The predicted molar refractivity (Wildman–Crippen MR) is 93.2 cm³/mol. The number of fused-ring (bicyclic) bond motifs is 1. The molecule has 1 saturated heterocycles. The number of nitrogens with zero attached hydrogens (tertiary/aromatic N) is 4. The minimum absolute atomic E-state index is 0.0301. The number of aryl methyl sites for hydroxylation is 1. The number of rotatable bonds is 5. The Morgan fingerprint density at radius 1 is 1.38 bits per heavy atom. The van der Waals surface area contributed by atoms with Gasteiger partial charge in [-0.3, -0.25) is 14.4 Å². The van der Waals surface area contributed by atoms with Crippen LogP contribution in [-0.4, -0.2) is 52.0 Å². The van der Waals surface area contributed by atoms with Gasteiger partial charge in [-0.25, -0.2) is 0 Å².